The predicted octanol–water partition coefficient (Wildman–Crippen LogP) is 2.57. The molecule has 1 fully saturated rings. The summed E-state index contributed by atoms with van der Waals surface area (Å²) in [6.07, 6.45) is 12.2. The molecule has 1 heterocycles. The van der Waals surface area contributed by atoms with Crippen LogP contribution in [-0.2, 0) is 9.47 Å². The molecule has 142 valence electrons. The number of allylic oxidation sites excluding steroid dienone is 2. The van der Waals surface area contributed by atoms with Crippen LogP contribution in [0.25, 0.3) is 0 Å². The van der Waals surface area contributed by atoms with Gasteiger partial charge in [0, 0.05) is 6.61 Å². The summed E-state index contributed by atoms with van der Waals surface area (Å²) >= 11 is 0. The van der Waals surface area contributed by atoms with Gasteiger partial charge in [0.15, 0.2) is 0 Å². The predicted molar refractivity (Wildman–Crippen MR) is 94.9 cm³/mol. The Morgan fingerprint density at radius 3 is 2.25 bits per heavy atom. The third kappa shape index (κ3) is 8.58. The summed E-state index contributed by atoms with van der Waals surface area (Å²) in [4.78, 5) is 0. The molecule has 0 aliphatic carbocycles. The first-order chi connectivity index (χ1) is 11.7. The Labute approximate surface area is 146 Å². The van der Waals surface area contributed by atoms with Crippen molar-refractivity contribution in [1.29, 1.82) is 0 Å². The average molecular weight is 344 g/mol. The van der Waals surface area contributed by atoms with Gasteiger partial charge in [0.2, 0.25) is 0 Å². The van der Waals surface area contributed by atoms with Gasteiger partial charge in [0.05, 0.1) is 13.2 Å². The molecule has 0 amide bonds. The second kappa shape index (κ2) is 13.8. The van der Waals surface area contributed by atoms with Gasteiger partial charge in [0.1, 0.15) is 24.4 Å². The lowest BCUT2D eigenvalue weighted by atomic mass is 10.1. The summed E-state index contributed by atoms with van der Waals surface area (Å²) < 4.78 is 10.9. The van der Waals surface area contributed by atoms with Gasteiger partial charge >= 0.3 is 0 Å². The number of rotatable bonds is 14. The number of aliphatic hydroxyl groups excluding tert-OH is 3. The zero-order chi connectivity index (χ0) is 17.6. The maximum atomic E-state index is 9.78. The molecule has 0 unspecified atom stereocenters. The number of ether oxygens (including phenoxy) is 2. The first kappa shape index (κ1) is 21.6. The van der Waals surface area contributed by atoms with Crippen molar-refractivity contribution in [2.75, 3.05) is 19.8 Å². The highest BCUT2D eigenvalue weighted by Crippen LogP contribution is 2.19. The smallest absolute Gasteiger partial charge is 0.114 e. The number of hydrogen-bond acceptors (Lipinski definition) is 5. The largest absolute Gasteiger partial charge is 0.394 e. The van der Waals surface area contributed by atoms with E-state index in [9.17, 15) is 15.3 Å². The van der Waals surface area contributed by atoms with Crippen molar-refractivity contribution in [2.45, 2.75) is 89.1 Å². The Balaban J connectivity index is 1.98. The SMILES string of the molecule is CCCCCC/C=C/CCCCCO[C@@H](CO)[C@H]1OC[C@@H](O)[C@H]1O. The normalized spacial score (nSPS) is 25.6. The minimum absolute atomic E-state index is 0.0937. The molecule has 0 aromatic carbocycles. The molecule has 0 saturated carbocycles. The molecule has 24 heavy (non-hydrogen) atoms. The fourth-order valence-electron chi connectivity index (χ4n) is 2.90. The van der Waals surface area contributed by atoms with E-state index in [-0.39, 0.29) is 13.2 Å². The van der Waals surface area contributed by atoms with Crippen molar-refractivity contribution >= 4 is 0 Å². The van der Waals surface area contributed by atoms with Gasteiger partial charge in [-0.05, 0) is 32.1 Å². The van der Waals surface area contributed by atoms with Crippen molar-refractivity contribution in [3.05, 3.63) is 12.2 Å². The van der Waals surface area contributed by atoms with Crippen LogP contribution in [0.1, 0.15) is 64.7 Å². The first-order valence-corrected chi connectivity index (χ1v) is 9.55. The van der Waals surface area contributed by atoms with Crippen molar-refractivity contribution in [3.8, 4) is 0 Å². The molecule has 1 aliphatic heterocycles. The zero-order valence-electron chi connectivity index (χ0n) is 15.1. The van der Waals surface area contributed by atoms with E-state index in [0.29, 0.717) is 6.61 Å². The third-order valence-corrected chi connectivity index (χ3v) is 4.47. The second-order valence-corrected chi connectivity index (χ2v) is 6.62. The Bertz CT molecular complexity index is 321. The summed E-state index contributed by atoms with van der Waals surface area (Å²) in [5.74, 6) is 0. The lowest BCUT2D eigenvalue weighted by molar-refractivity contribution is -0.101. The second-order valence-electron chi connectivity index (χ2n) is 6.62. The molecule has 5 nitrogen and oxygen atoms in total. The Hall–Kier alpha value is -0.460. The van der Waals surface area contributed by atoms with Gasteiger partial charge in [0.25, 0.3) is 0 Å². The minimum atomic E-state index is -0.982. The molecule has 1 rings (SSSR count). The quantitative estimate of drug-likeness (QED) is 0.333. The van der Waals surface area contributed by atoms with Crippen molar-refractivity contribution in [3.63, 3.8) is 0 Å². The average Bonchev–Trinajstić information content (AvgIpc) is 2.92. The maximum absolute atomic E-state index is 9.78. The Kier molecular flexibility index (Phi) is 12.4. The van der Waals surface area contributed by atoms with Crippen LogP contribution < -0.4 is 0 Å². The van der Waals surface area contributed by atoms with Gasteiger partial charge in [-0.25, -0.2) is 0 Å². The topological polar surface area (TPSA) is 79.2 Å². The summed E-state index contributed by atoms with van der Waals surface area (Å²) in [5, 5.41) is 28.6. The van der Waals surface area contributed by atoms with Gasteiger partial charge in [-0.1, -0.05) is 44.8 Å². The Morgan fingerprint density at radius 2 is 1.71 bits per heavy atom. The van der Waals surface area contributed by atoms with Gasteiger partial charge in [-0.15, -0.1) is 0 Å². The van der Waals surface area contributed by atoms with Crippen LogP contribution in [0.2, 0.25) is 0 Å². The molecule has 1 aliphatic rings. The summed E-state index contributed by atoms with van der Waals surface area (Å²) in [5.41, 5.74) is 0. The van der Waals surface area contributed by atoms with Crippen molar-refractivity contribution in [2.24, 2.45) is 0 Å². The molecule has 5 heteroatoms. The summed E-state index contributed by atoms with van der Waals surface area (Å²) in [7, 11) is 0. The minimum Gasteiger partial charge on any atom is -0.394 e. The maximum Gasteiger partial charge on any atom is 0.114 e. The molecule has 0 aromatic heterocycles. The third-order valence-electron chi connectivity index (χ3n) is 4.47. The summed E-state index contributed by atoms with van der Waals surface area (Å²) in [6, 6.07) is 0. The van der Waals surface area contributed by atoms with Gasteiger partial charge in [-0.3, -0.25) is 0 Å². The van der Waals surface area contributed by atoms with Gasteiger partial charge in [-0.2, -0.15) is 0 Å². The number of unbranched alkanes of at least 4 members (excludes halogenated alkanes) is 7. The monoisotopic (exact) mass is 344 g/mol. The molecule has 0 radical (unpaired) electrons. The molecule has 3 N–H and O–H groups in total. The van der Waals surface area contributed by atoms with Crippen LogP contribution in [0.15, 0.2) is 12.2 Å². The van der Waals surface area contributed by atoms with Gasteiger partial charge < -0.3 is 24.8 Å². The molecule has 0 spiro atoms. The van der Waals surface area contributed by atoms with Crippen LogP contribution in [-0.4, -0.2) is 59.6 Å². The summed E-state index contributed by atoms with van der Waals surface area (Å²) in [6.45, 7) is 2.65. The lowest BCUT2D eigenvalue weighted by Crippen LogP contribution is -2.42. The fraction of sp³-hybridized carbons (Fsp3) is 0.895. The Morgan fingerprint density at radius 1 is 1.04 bits per heavy atom. The first-order valence-electron chi connectivity index (χ1n) is 9.55. The highest BCUT2D eigenvalue weighted by molar-refractivity contribution is 4.88. The van der Waals surface area contributed by atoms with E-state index < -0.39 is 24.4 Å². The van der Waals surface area contributed by atoms with E-state index in [1.807, 2.05) is 0 Å². The van der Waals surface area contributed by atoms with E-state index in [2.05, 4.69) is 19.1 Å². The fourth-order valence-corrected chi connectivity index (χ4v) is 2.90. The van der Waals surface area contributed by atoms with E-state index in [4.69, 9.17) is 9.47 Å². The van der Waals surface area contributed by atoms with Crippen LogP contribution >= 0.6 is 0 Å². The number of aliphatic hydroxyl groups is 3. The number of hydrogen-bond donors (Lipinski definition) is 3. The standard InChI is InChI=1S/C19H36O5/c1-2-3-4-5-6-7-8-9-10-11-12-13-23-17(14-20)19-18(22)16(21)15-24-19/h7-8,16-22H,2-6,9-15H2,1H3/b8-7+/t16-,17+,18-,19-/m1/s1. The molecule has 4 atom stereocenters. The molecule has 0 aromatic rings. The highest BCUT2D eigenvalue weighted by atomic mass is 16.6. The van der Waals surface area contributed by atoms with Crippen LogP contribution in [0.3, 0.4) is 0 Å². The zero-order valence-corrected chi connectivity index (χ0v) is 15.1. The van der Waals surface area contributed by atoms with Crippen molar-refractivity contribution < 1.29 is 24.8 Å². The molecule has 1 saturated heterocycles. The van der Waals surface area contributed by atoms with Crippen molar-refractivity contribution in [1.82, 2.24) is 0 Å². The molecular formula is C19H36O5. The highest BCUT2D eigenvalue weighted by Gasteiger charge is 2.40. The van der Waals surface area contributed by atoms with Crippen LogP contribution in [0, 0.1) is 0 Å². The van der Waals surface area contributed by atoms with E-state index in [0.717, 1.165) is 25.7 Å². The molecular weight excluding hydrogens is 308 g/mol. The van der Waals surface area contributed by atoms with Crippen LogP contribution in [0.5, 0.6) is 0 Å². The van der Waals surface area contributed by atoms with E-state index in [1.54, 1.807) is 0 Å². The van der Waals surface area contributed by atoms with E-state index in [1.165, 1.54) is 32.1 Å². The lowest BCUT2D eigenvalue weighted by Gasteiger charge is -2.24. The van der Waals surface area contributed by atoms with Crippen LogP contribution in [0.4, 0.5) is 0 Å². The molecule has 0 bridgehead atoms. The van der Waals surface area contributed by atoms with E-state index >= 15 is 0 Å².